The third-order valence-electron chi connectivity index (χ3n) is 5.57. The van der Waals surface area contributed by atoms with E-state index in [1.54, 1.807) is 18.2 Å². The van der Waals surface area contributed by atoms with Gasteiger partial charge in [0.2, 0.25) is 6.10 Å². The molecule has 1 atom stereocenters. The van der Waals surface area contributed by atoms with E-state index in [-0.39, 0.29) is 18.3 Å². The van der Waals surface area contributed by atoms with Gasteiger partial charge in [0, 0.05) is 11.4 Å². The molecule has 5 rings (SSSR count). The number of ether oxygens (including phenoxy) is 2. The van der Waals surface area contributed by atoms with Crippen molar-refractivity contribution in [2.75, 3.05) is 17.2 Å². The Morgan fingerprint density at radius 2 is 1.67 bits per heavy atom. The second-order valence-corrected chi connectivity index (χ2v) is 7.61. The third-order valence-corrected chi connectivity index (χ3v) is 5.57. The van der Waals surface area contributed by atoms with E-state index in [0.29, 0.717) is 22.8 Å². The molecule has 1 fully saturated rings. The molecule has 0 saturated heterocycles. The molecule has 0 spiro atoms. The summed E-state index contributed by atoms with van der Waals surface area (Å²) >= 11 is 0. The number of rotatable bonds is 4. The van der Waals surface area contributed by atoms with E-state index in [2.05, 4.69) is 10.6 Å². The van der Waals surface area contributed by atoms with Crippen molar-refractivity contribution in [2.24, 2.45) is 0 Å². The minimum Gasteiger partial charge on any atom is -0.485 e. The number of hydrogen-bond acceptors (Lipinski definition) is 6. The first kappa shape index (κ1) is 18.5. The lowest BCUT2D eigenvalue weighted by Crippen LogP contribution is -2.41. The van der Waals surface area contributed by atoms with Gasteiger partial charge in [0.25, 0.3) is 5.91 Å². The van der Waals surface area contributed by atoms with Gasteiger partial charge in [0.15, 0.2) is 17.2 Å². The van der Waals surface area contributed by atoms with Gasteiger partial charge in [0.05, 0.1) is 5.69 Å². The van der Waals surface area contributed by atoms with Crippen LogP contribution in [-0.4, -0.2) is 24.7 Å². The van der Waals surface area contributed by atoms with E-state index in [4.69, 9.17) is 13.9 Å². The van der Waals surface area contributed by atoms with Crippen LogP contribution in [-0.2, 0) is 4.79 Å². The highest BCUT2D eigenvalue weighted by Gasteiger charge is 2.29. The van der Waals surface area contributed by atoms with Gasteiger partial charge in [-0.3, -0.25) is 4.79 Å². The Kier molecular flexibility index (Phi) is 4.78. The molecule has 3 aromatic rings. The Morgan fingerprint density at radius 3 is 2.50 bits per heavy atom. The van der Waals surface area contributed by atoms with Crippen LogP contribution < -0.4 is 25.7 Å². The molecule has 7 heteroatoms. The Morgan fingerprint density at radius 1 is 0.933 bits per heavy atom. The molecule has 154 valence electrons. The van der Waals surface area contributed by atoms with Crippen molar-refractivity contribution in [2.45, 2.75) is 37.8 Å². The highest BCUT2D eigenvalue weighted by Crippen LogP contribution is 2.34. The number of carbonyl (C=O) groups excluding carboxylic acids is 1. The van der Waals surface area contributed by atoms with Crippen molar-refractivity contribution < 1.29 is 18.7 Å². The van der Waals surface area contributed by atoms with Crippen molar-refractivity contribution in [3.8, 4) is 11.5 Å². The Balaban J connectivity index is 1.47. The lowest BCUT2D eigenvalue weighted by atomic mass is 10.1. The molecule has 1 amide bonds. The monoisotopic (exact) mass is 406 g/mol. The van der Waals surface area contributed by atoms with Gasteiger partial charge < -0.3 is 24.5 Å². The number of hydrogen-bond donors (Lipinski definition) is 2. The molecule has 2 N–H and O–H groups in total. The summed E-state index contributed by atoms with van der Waals surface area (Å²) in [7, 11) is 0. The van der Waals surface area contributed by atoms with E-state index in [1.165, 1.54) is 0 Å². The second-order valence-electron chi connectivity index (χ2n) is 7.61. The molecule has 0 unspecified atom stereocenters. The van der Waals surface area contributed by atoms with Crippen LogP contribution in [0.3, 0.4) is 0 Å². The predicted molar refractivity (Wildman–Crippen MR) is 113 cm³/mol. The Labute approximate surface area is 173 Å². The van der Waals surface area contributed by atoms with Crippen LogP contribution in [0.15, 0.2) is 57.7 Å². The summed E-state index contributed by atoms with van der Waals surface area (Å²) in [6.07, 6.45) is 3.47. The lowest BCUT2D eigenvalue weighted by Gasteiger charge is -2.26. The maximum atomic E-state index is 12.9. The molecule has 1 aliphatic heterocycles. The van der Waals surface area contributed by atoms with Crippen LogP contribution in [0, 0.1) is 0 Å². The number of fused-ring (bicyclic) bond motifs is 2. The van der Waals surface area contributed by atoms with Gasteiger partial charge in [-0.2, -0.15) is 0 Å². The lowest BCUT2D eigenvalue weighted by molar-refractivity contribution is -0.125. The largest absolute Gasteiger partial charge is 0.485 e. The van der Waals surface area contributed by atoms with Crippen molar-refractivity contribution in [1.82, 2.24) is 0 Å². The molecule has 1 aromatic heterocycles. The number of para-hydroxylation sites is 3. The number of carbonyl (C=O) groups is 1. The van der Waals surface area contributed by atoms with Crippen molar-refractivity contribution >= 4 is 28.3 Å². The van der Waals surface area contributed by atoms with Gasteiger partial charge in [-0.25, -0.2) is 4.79 Å². The average Bonchev–Trinajstić information content (AvgIpc) is 3.29. The van der Waals surface area contributed by atoms with E-state index in [1.807, 2.05) is 30.3 Å². The summed E-state index contributed by atoms with van der Waals surface area (Å²) in [6.45, 7) is 0.0626. The summed E-state index contributed by atoms with van der Waals surface area (Å²) in [5, 5.41) is 6.96. The Bertz CT molecular complexity index is 1150. The van der Waals surface area contributed by atoms with E-state index in [9.17, 15) is 9.59 Å². The predicted octanol–water partition coefficient (Wildman–Crippen LogP) is 3.93. The zero-order valence-electron chi connectivity index (χ0n) is 16.4. The fourth-order valence-electron chi connectivity index (χ4n) is 4.04. The minimum atomic E-state index is -0.870. The second kappa shape index (κ2) is 7.74. The van der Waals surface area contributed by atoms with Crippen molar-refractivity contribution in [3.63, 3.8) is 0 Å². The molecule has 2 heterocycles. The molecular formula is C23H22N2O5. The van der Waals surface area contributed by atoms with Gasteiger partial charge in [0.1, 0.15) is 12.2 Å². The van der Waals surface area contributed by atoms with E-state index < -0.39 is 17.6 Å². The molecule has 2 aromatic carbocycles. The van der Waals surface area contributed by atoms with Crippen molar-refractivity contribution in [3.05, 3.63) is 59.0 Å². The molecule has 1 saturated carbocycles. The van der Waals surface area contributed by atoms with Crippen molar-refractivity contribution in [1.29, 1.82) is 0 Å². The van der Waals surface area contributed by atoms with Gasteiger partial charge in [-0.15, -0.1) is 0 Å². The molecule has 0 radical (unpaired) electrons. The van der Waals surface area contributed by atoms with Crippen LogP contribution in [0.4, 0.5) is 11.4 Å². The first-order valence-corrected chi connectivity index (χ1v) is 10.2. The summed E-state index contributed by atoms with van der Waals surface area (Å²) in [4.78, 5) is 25.7. The zero-order valence-corrected chi connectivity index (χ0v) is 16.4. The fraction of sp³-hybridized carbons (Fsp3) is 0.304. The van der Waals surface area contributed by atoms with Gasteiger partial charge in [-0.1, -0.05) is 37.1 Å². The molecule has 30 heavy (non-hydrogen) atoms. The normalized spacial score (nSPS) is 18.3. The summed E-state index contributed by atoms with van der Waals surface area (Å²) in [6, 6.07) is 14.7. The molecule has 2 aliphatic rings. The average molecular weight is 406 g/mol. The molecule has 0 bridgehead atoms. The number of nitrogens with one attached hydrogen (secondary N) is 2. The number of benzene rings is 2. The summed E-state index contributed by atoms with van der Waals surface area (Å²) in [5.41, 5.74) is 0.583. The maximum absolute atomic E-state index is 12.9. The number of amides is 1. The van der Waals surface area contributed by atoms with Gasteiger partial charge >= 0.3 is 5.63 Å². The quantitative estimate of drug-likeness (QED) is 0.638. The third kappa shape index (κ3) is 3.47. The van der Waals surface area contributed by atoms with Crippen LogP contribution >= 0.6 is 0 Å². The van der Waals surface area contributed by atoms with Crippen LogP contribution in [0.2, 0.25) is 0 Å². The zero-order chi connectivity index (χ0) is 20.5. The number of anilines is 2. The topological polar surface area (TPSA) is 89.8 Å². The first-order chi connectivity index (χ1) is 14.7. The molecule has 1 aliphatic carbocycles. The first-order valence-electron chi connectivity index (χ1n) is 10.2. The summed E-state index contributed by atoms with van der Waals surface area (Å²) < 4.78 is 16.9. The summed E-state index contributed by atoms with van der Waals surface area (Å²) in [5.74, 6) is 0.635. The highest BCUT2D eigenvalue weighted by atomic mass is 16.6. The fourth-order valence-corrected chi connectivity index (χ4v) is 4.04. The smallest absolute Gasteiger partial charge is 0.362 e. The van der Waals surface area contributed by atoms with Crippen LogP contribution in [0.1, 0.15) is 25.7 Å². The maximum Gasteiger partial charge on any atom is 0.362 e. The van der Waals surface area contributed by atoms with Crippen LogP contribution in [0.5, 0.6) is 11.5 Å². The highest BCUT2D eigenvalue weighted by molar-refractivity contribution is 6.03. The standard InChI is InChI=1S/C23H22N2O5/c26-22(19-13-28-17-11-5-6-12-18(17)29-19)25-21-20(24-14-7-1-2-8-14)15-9-3-4-10-16(15)30-23(21)27/h3-6,9-12,14,19,24H,1-2,7-8,13H2,(H,25,26)/t19-/m0/s1. The minimum absolute atomic E-state index is 0.0626. The van der Waals surface area contributed by atoms with E-state index >= 15 is 0 Å². The van der Waals surface area contributed by atoms with Crippen LogP contribution in [0.25, 0.3) is 11.0 Å². The Hall–Kier alpha value is -3.48. The molecule has 7 nitrogen and oxygen atoms in total. The van der Waals surface area contributed by atoms with E-state index in [0.717, 1.165) is 31.1 Å². The van der Waals surface area contributed by atoms with Gasteiger partial charge in [-0.05, 0) is 37.1 Å². The molecular weight excluding hydrogens is 384 g/mol. The SMILES string of the molecule is O=C(Nc1c(NC2CCCC2)c2ccccc2oc1=O)[C@@H]1COc2ccccc2O1.